The first-order valence-corrected chi connectivity index (χ1v) is 7.61. The highest BCUT2D eigenvalue weighted by atomic mass is 32.1. The van der Waals surface area contributed by atoms with Gasteiger partial charge in [0.2, 0.25) is 0 Å². The second-order valence-corrected chi connectivity index (χ2v) is 6.44. The van der Waals surface area contributed by atoms with Crippen LogP contribution in [-0.4, -0.2) is 38.6 Å². The van der Waals surface area contributed by atoms with Gasteiger partial charge in [-0.1, -0.05) is 18.3 Å². The quantitative estimate of drug-likeness (QED) is 0.915. The van der Waals surface area contributed by atoms with Crippen molar-refractivity contribution in [3.05, 3.63) is 5.69 Å². The molecule has 0 saturated carbocycles. The third kappa shape index (κ3) is 2.12. The Labute approximate surface area is 116 Å². The van der Waals surface area contributed by atoms with Gasteiger partial charge in [0.25, 0.3) is 0 Å². The lowest BCUT2D eigenvalue weighted by atomic mass is 9.91. The molecule has 1 fully saturated rings. The maximum Gasteiger partial charge on any atom is 0.188 e. The first-order chi connectivity index (χ1) is 9.02. The van der Waals surface area contributed by atoms with Crippen LogP contribution in [0.2, 0.25) is 0 Å². The fourth-order valence-electron chi connectivity index (χ4n) is 2.77. The number of aromatic nitrogens is 3. The normalized spacial score (nSPS) is 24.3. The topological polar surface area (TPSA) is 54.2 Å². The van der Waals surface area contributed by atoms with E-state index in [1.807, 2.05) is 18.7 Å². The Morgan fingerprint density at radius 1 is 1.47 bits per heavy atom. The summed E-state index contributed by atoms with van der Waals surface area (Å²) in [6, 6.07) is 0. The van der Waals surface area contributed by atoms with Crippen LogP contribution in [0.4, 0.5) is 5.13 Å². The molecule has 0 unspecified atom stereocenters. The van der Waals surface area contributed by atoms with Crippen LogP contribution in [-0.2, 0) is 7.05 Å². The van der Waals surface area contributed by atoms with Gasteiger partial charge in [-0.05, 0) is 26.2 Å². The van der Waals surface area contributed by atoms with Crippen LogP contribution in [0.15, 0.2) is 0 Å². The number of thiazole rings is 1. The highest BCUT2D eigenvalue weighted by Gasteiger charge is 2.33. The van der Waals surface area contributed by atoms with Crippen molar-refractivity contribution in [2.24, 2.45) is 7.05 Å². The molecular weight excluding hydrogens is 260 g/mol. The smallest absolute Gasteiger partial charge is 0.188 e. The molecule has 6 heteroatoms. The molecule has 19 heavy (non-hydrogen) atoms. The molecule has 1 aliphatic rings. The number of piperidine rings is 1. The Hall–Kier alpha value is -1.14. The molecule has 0 aromatic carbocycles. The summed E-state index contributed by atoms with van der Waals surface area (Å²) in [5, 5.41) is 15.9. The number of hydrogen-bond acceptors (Lipinski definition) is 5. The van der Waals surface area contributed by atoms with Crippen molar-refractivity contribution in [2.45, 2.75) is 38.7 Å². The predicted octanol–water partition coefficient (Wildman–Crippen LogP) is 2.08. The van der Waals surface area contributed by atoms with Crippen LogP contribution >= 0.6 is 11.3 Å². The van der Waals surface area contributed by atoms with Crippen molar-refractivity contribution in [2.75, 3.05) is 18.0 Å². The lowest BCUT2D eigenvalue weighted by Gasteiger charge is -2.38. The molecule has 0 amide bonds. The molecule has 3 rings (SSSR count). The zero-order valence-electron chi connectivity index (χ0n) is 11.7. The minimum Gasteiger partial charge on any atom is -0.388 e. The predicted molar refractivity (Wildman–Crippen MR) is 77.8 cm³/mol. The van der Waals surface area contributed by atoms with E-state index in [4.69, 9.17) is 4.98 Å². The Kier molecular flexibility index (Phi) is 3.02. The standard InChI is InChI=1S/C13H20N4OS/c1-4-13(18)6-5-7-17(8-13)12-14-11-10(19-12)9(2)15-16(11)3/h18H,4-8H2,1-3H3/t13-/m0/s1. The van der Waals surface area contributed by atoms with Crippen LogP contribution in [0.1, 0.15) is 31.9 Å². The summed E-state index contributed by atoms with van der Waals surface area (Å²) < 4.78 is 2.99. The first-order valence-electron chi connectivity index (χ1n) is 6.80. The zero-order chi connectivity index (χ0) is 13.6. The van der Waals surface area contributed by atoms with Gasteiger partial charge in [0, 0.05) is 20.1 Å². The number of hydrogen-bond donors (Lipinski definition) is 1. The molecule has 2 aromatic rings. The van der Waals surface area contributed by atoms with Crippen LogP contribution in [0.3, 0.4) is 0 Å². The van der Waals surface area contributed by atoms with E-state index in [2.05, 4.69) is 16.9 Å². The average molecular weight is 280 g/mol. The largest absolute Gasteiger partial charge is 0.388 e. The summed E-state index contributed by atoms with van der Waals surface area (Å²) in [7, 11) is 1.93. The van der Waals surface area contributed by atoms with Crippen LogP contribution < -0.4 is 4.90 Å². The molecule has 1 atom stereocenters. The minimum absolute atomic E-state index is 0.552. The molecule has 0 radical (unpaired) electrons. The number of β-amino-alcohol motifs (C(OH)–C–C–N with tert-alkyl or cyclic N) is 1. The van der Waals surface area contributed by atoms with E-state index in [1.165, 1.54) is 0 Å². The number of nitrogens with zero attached hydrogens (tertiary/aromatic N) is 4. The van der Waals surface area contributed by atoms with Gasteiger partial charge in [0.1, 0.15) is 0 Å². The molecule has 0 aliphatic carbocycles. The monoisotopic (exact) mass is 280 g/mol. The number of aryl methyl sites for hydroxylation is 2. The minimum atomic E-state index is -0.552. The van der Waals surface area contributed by atoms with Gasteiger partial charge in [-0.2, -0.15) is 5.10 Å². The fourth-order valence-corrected chi connectivity index (χ4v) is 3.83. The Morgan fingerprint density at radius 2 is 2.26 bits per heavy atom. The van der Waals surface area contributed by atoms with Crippen LogP contribution in [0.25, 0.3) is 10.3 Å². The van der Waals surface area contributed by atoms with Crippen LogP contribution in [0.5, 0.6) is 0 Å². The lowest BCUT2D eigenvalue weighted by Crippen LogP contribution is -2.47. The number of anilines is 1. The summed E-state index contributed by atoms with van der Waals surface area (Å²) in [5.74, 6) is 0. The fraction of sp³-hybridized carbons (Fsp3) is 0.692. The summed E-state index contributed by atoms with van der Waals surface area (Å²) in [5.41, 5.74) is 1.43. The average Bonchev–Trinajstić information content (AvgIpc) is 2.93. The molecule has 0 spiro atoms. The van der Waals surface area contributed by atoms with Gasteiger partial charge < -0.3 is 10.0 Å². The van der Waals surface area contributed by atoms with Crippen molar-refractivity contribution in [1.29, 1.82) is 0 Å². The number of rotatable bonds is 2. The number of aliphatic hydroxyl groups is 1. The van der Waals surface area contributed by atoms with E-state index in [9.17, 15) is 5.11 Å². The molecular formula is C13H20N4OS. The van der Waals surface area contributed by atoms with Gasteiger partial charge in [-0.3, -0.25) is 0 Å². The van der Waals surface area contributed by atoms with Crippen molar-refractivity contribution >= 4 is 26.8 Å². The van der Waals surface area contributed by atoms with Crippen molar-refractivity contribution < 1.29 is 5.11 Å². The van der Waals surface area contributed by atoms with E-state index >= 15 is 0 Å². The van der Waals surface area contributed by atoms with E-state index < -0.39 is 5.60 Å². The highest BCUT2D eigenvalue weighted by molar-refractivity contribution is 7.22. The summed E-state index contributed by atoms with van der Waals surface area (Å²) >= 11 is 1.68. The summed E-state index contributed by atoms with van der Waals surface area (Å²) in [6.45, 7) is 5.74. The third-order valence-electron chi connectivity index (χ3n) is 4.02. The highest BCUT2D eigenvalue weighted by Crippen LogP contribution is 2.34. The van der Waals surface area contributed by atoms with E-state index in [0.29, 0.717) is 6.54 Å². The van der Waals surface area contributed by atoms with Gasteiger partial charge >= 0.3 is 0 Å². The molecule has 1 N–H and O–H groups in total. The summed E-state index contributed by atoms with van der Waals surface area (Å²) in [6.07, 6.45) is 2.72. The van der Waals surface area contributed by atoms with Gasteiger partial charge in [-0.15, -0.1) is 0 Å². The second-order valence-electron chi connectivity index (χ2n) is 5.46. The Bertz CT molecular complexity index is 571. The molecule has 3 heterocycles. The maximum atomic E-state index is 10.5. The molecule has 104 valence electrons. The van der Waals surface area contributed by atoms with E-state index in [1.54, 1.807) is 11.3 Å². The first kappa shape index (κ1) is 12.9. The SMILES string of the molecule is CC[C@]1(O)CCCN(c2nc3c(s2)c(C)nn3C)C1. The molecule has 2 aromatic heterocycles. The second kappa shape index (κ2) is 4.45. The molecule has 1 aliphatic heterocycles. The zero-order valence-corrected chi connectivity index (χ0v) is 12.5. The van der Waals surface area contributed by atoms with Crippen LogP contribution in [0, 0.1) is 6.92 Å². The van der Waals surface area contributed by atoms with Crippen molar-refractivity contribution in [3.8, 4) is 0 Å². The van der Waals surface area contributed by atoms with Gasteiger partial charge in [0.15, 0.2) is 10.8 Å². The molecule has 5 nitrogen and oxygen atoms in total. The summed E-state index contributed by atoms with van der Waals surface area (Å²) in [4.78, 5) is 6.91. The van der Waals surface area contributed by atoms with Gasteiger partial charge in [-0.25, -0.2) is 9.67 Å². The van der Waals surface area contributed by atoms with Gasteiger partial charge in [0.05, 0.1) is 16.0 Å². The third-order valence-corrected chi connectivity index (χ3v) is 5.23. The lowest BCUT2D eigenvalue weighted by molar-refractivity contribution is 0.0223. The number of fused-ring (bicyclic) bond motifs is 1. The Balaban J connectivity index is 1.93. The molecule has 0 bridgehead atoms. The Morgan fingerprint density at radius 3 is 2.95 bits per heavy atom. The van der Waals surface area contributed by atoms with Crippen molar-refractivity contribution in [1.82, 2.24) is 14.8 Å². The van der Waals surface area contributed by atoms with E-state index in [-0.39, 0.29) is 0 Å². The van der Waals surface area contributed by atoms with E-state index in [0.717, 1.165) is 47.0 Å². The maximum absolute atomic E-state index is 10.5. The molecule has 1 saturated heterocycles. The van der Waals surface area contributed by atoms with Crippen molar-refractivity contribution in [3.63, 3.8) is 0 Å².